The lowest BCUT2D eigenvalue weighted by atomic mass is 10.1. The molecule has 2 N–H and O–H groups in total. The van der Waals surface area contributed by atoms with Crippen LogP contribution in [0, 0.1) is 11.3 Å². The summed E-state index contributed by atoms with van der Waals surface area (Å²) in [5.74, 6) is 0.0106. The first-order valence-corrected chi connectivity index (χ1v) is 5.90. The summed E-state index contributed by atoms with van der Waals surface area (Å²) in [6, 6.07) is 9.08. The summed E-state index contributed by atoms with van der Waals surface area (Å²) in [5.41, 5.74) is 7.07. The van der Waals surface area contributed by atoms with Crippen molar-refractivity contribution in [2.24, 2.45) is 5.73 Å². The van der Waals surface area contributed by atoms with E-state index in [4.69, 9.17) is 11.0 Å². The smallest absolute Gasteiger partial charge is 0.246 e. The second-order valence-electron chi connectivity index (χ2n) is 4.33. The molecule has 1 aromatic rings. The average Bonchev–Trinajstić information content (AvgIpc) is 2.41. The third-order valence-corrected chi connectivity index (χ3v) is 3.27. The highest BCUT2D eigenvalue weighted by Gasteiger charge is 2.32. The quantitative estimate of drug-likeness (QED) is 0.804. The number of nitrogens with two attached hydrogens (primary N) is 1. The van der Waals surface area contributed by atoms with Gasteiger partial charge in [0.1, 0.15) is 12.1 Å². The van der Waals surface area contributed by atoms with Gasteiger partial charge in [-0.3, -0.25) is 4.79 Å². The molecule has 1 aliphatic heterocycles. The summed E-state index contributed by atoms with van der Waals surface area (Å²) in [4.78, 5) is 15.7. The fourth-order valence-electron chi connectivity index (χ4n) is 2.25. The monoisotopic (exact) mass is 244 g/mol. The van der Waals surface area contributed by atoms with E-state index in [1.165, 1.54) is 0 Å². The third kappa shape index (κ3) is 2.03. The Hall–Kier alpha value is -2.06. The summed E-state index contributed by atoms with van der Waals surface area (Å²) in [5, 5.41) is 9.12. The van der Waals surface area contributed by atoms with Crippen LogP contribution in [0.25, 0.3) is 0 Å². The largest absolute Gasteiger partial charge is 0.356 e. The van der Waals surface area contributed by atoms with E-state index in [9.17, 15) is 4.79 Å². The molecule has 0 saturated carbocycles. The summed E-state index contributed by atoms with van der Waals surface area (Å²) in [6.07, 6.45) is 0. The minimum Gasteiger partial charge on any atom is -0.356 e. The van der Waals surface area contributed by atoms with E-state index in [0.717, 1.165) is 5.69 Å². The first kappa shape index (κ1) is 12.4. The Labute approximate surface area is 106 Å². The lowest BCUT2D eigenvalue weighted by Gasteiger charge is -2.40. The van der Waals surface area contributed by atoms with Crippen LogP contribution >= 0.6 is 0 Å². The molecule has 1 amide bonds. The molecule has 18 heavy (non-hydrogen) atoms. The van der Waals surface area contributed by atoms with Gasteiger partial charge in [-0.2, -0.15) is 5.26 Å². The molecule has 1 atom stereocenters. The molecule has 0 radical (unpaired) electrons. The fraction of sp³-hybridized carbons (Fsp3) is 0.385. The molecule has 1 unspecified atom stereocenters. The number of carbonyl (C=O) groups is 1. The van der Waals surface area contributed by atoms with Crippen LogP contribution in [-0.2, 0) is 4.79 Å². The first-order valence-electron chi connectivity index (χ1n) is 5.90. The normalized spacial score (nSPS) is 19.8. The molecule has 0 spiro atoms. The number of benzene rings is 1. The molecule has 1 aromatic carbocycles. The SMILES string of the molecule is CN1CCN(c2ccccc2C#N)C(CN)C1=O. The van der Waals surface area contributed by atoms with Crippen LogP contribution in [0.4, 0.5) is 5.69 Å². The van der Waals surface area contributed by atoms with Crippen molar-refractivity contribution >= 4 is 11.6 Å². The Kier molecular flexibility index (Phi) is 3.49. The first-order chi connectivity index (χ1) is 8.69. The van der Waals surface area contributed by atoms with Gasteiger partial charge in [0, 0.05) is 26.7 Å². The second-order valence-corrected chi connectivity index (χ2v) is 4.33. The number of anilines is 1. The van der Waals surface area contributed by atoms with Gasteiger partial charge in [0.25, 0.3) is 0 Å². The zero-order valence-corrected chi connectivity index (χ0v) is 10.3. The van der Waals surface area contributed by atoms with Crippen molar-refractivity contribution in [1.82, 2.24) is 4.90 Å². The van der Waals surface area contributed by atoms with Crippen LogP contribution in [0.15, 0.2) is 24.3 Å². The van der Waals surface area contributed by atoms with Crippen LogP contribution in [0.5, 0.6) is 0 Å². The maximum absolute atomic E-state index is 12.1. The number of hydrogen-bond acceptors (Lipinski definition) is 4. The van der Waals surface area contributed by atoms with Gasteiger partial charge < -0.3 is 15.5 Å². The molecule has 0 aromatic heterocycles. The predicted molar refractivity (Wildman–Crippen MR) is 69.0 cm³/mol. The number of likely N-dealkylation sites (N-methyl/N-ethyl adjacent to an activating group) is 1. The zero-order chi connectivity index (χ0) is 13.1. The topological polar surface area (TPSA) is 73.4 Å². The number of carbonyl (C=O) groups excluding carboxylic acids is 1. The highest BCUT2D eigenvalue weighted by Crippen LogP contribution is 2.24. The number of nitriles is 1. The van der Waals surface area contributed by atoms with Crippen LogP contribution < -0.4 is 10.6 Å². The number of para-hydroxylation sites is 1. The fourth-order valence-corrected chi connectivity index (χ4v) is 2.25. The highest BCUT2D eigenvalue weighted by atomic mass is 16.2. The van der Waals surface area contributed by atoms with E-state index in [-0.39, 0.29) is 18.5 Å². The lowest BCUT2D eigenvalue weighted by Crippen LogP contribution is -2.58. The highest BCUT2D eigenvalue weighted by molar-refractivity contribution is 5.87. The van der Waals surface area contributed by atoms with E-state index in [1.54, 1.807) is 18.0 Å². The molecule has 5 heteroatoms. The third-order valence-electron chi connectivity index (χ3n) is 3.27. The summed E-state index contributed by atoms with van der Waals surface area (Å²) < 4.78 is 0. The summed E-state index contributed by atoms with van der Waals surface area (Å²) in [6.45, 7) is 1.60. The molecule has 94 valence electrons. The van der Waals surface area contributed by atoms with Crippen molar-refractivity contribution in [3.63, 3.8) is 0 Å². The van der Waals surface area contributed by atoms with Crippen LogP contribution in [-0.4, -0.2) is 43.5 Å². The number of nitrogens with zero attached hydrogens (tertiary/aromatic N) is 3. The molecular weight excluding hydrogens is 228 g/mol. The summed E-state index contributed by atoms with van der Waals surface area (Å²) in [7, 11) is 1.78. The molecular formula is C13H16N4O. The Morgan fingerprint density at radius 1 is 1.44 bits per heavy atom. The van der Waals surface area contributed by atoms with Crippen LogP contribution in [0.3, 0.4) is 0 Å². The number of hydrogen-bond donors (Lipinski definition) is 1. The second kappa shape index (κ2) is 5.07. The van der Waals surface area contributed by atoms with Crippen molar-refractivity contribution in [2.45, 2.75) is 6.04 Å². The molecule has 5 nitrogen and oxygen atoms in total. The van der Waals surface area contributed by atoms with Crippen molar-refractivity contribution in [3.05, 3.63) is 29.8 Å². The van der Waals surface area contributed by atoms with Crippen LogP contribution in [0.2, 0.25) is 0 Å². The van der Waals surface area contributed by atoms with Crippen molar-refractivity contribution in [3.8, 4) is 6.07 Å². The minimum atomic E-state index is -0.377. The van der Waals surface area contributed by atoms with E-state index in [2.05, 4.69) is 6.07 Å². The number of piperazine rings is 1. The van der Waals surface area contributed by atoms with Gasteiger partial charge in [0.15, 0.2) is 0 Å². The van der Waals surface area contributed by atoms with Gasteiger partial charge in [-0.25, -0.2) is 0 Å². The standard InChI is InChI=1S/C13H16N4O/c1-16-6-7-17(12(9-15)13(16)18)11-5-3-2-4-10(11)8-14/h2-5,12H,6-7,9,15H2,1H3. The van der Waals surface area contributed by atoms with Crippen molar-refractivity contribution in [1.29, 1.82) is 5.26 Å². The van der Waals surface area contributed by atoms with Gasteiger partial charge in [-0.15, -0.1) is 0 Å². The van der Waals surface area contributed by atoms with Gasteiger partial charge in [0.2, 0.25) is 5.91 Å². The Morgan fingerprint density at radius 2 is 2.17 bits per heavy atom. The van der Waals surface area contributed by atoms with Gasteiger partial charge in [-0.1, -0.05) is 12.1 Å². The number of rotatable bonds is 2. The predicted octanol–water partition coefficient (Wildman–Crippen LogP) is 0.164. The minimum absolute atomic E-state index is 0.0106. The Bertz CT molecular complexity index is 494. The molecule has 0 bridgehead atoms. The van der Waals surface area contributed by atoms with Crippen LogP contribution in [0.1, 0.15) is 5.56 Å². The number of amides is 1. The Balaban J connectivity index is 2.38. The molecule has 2 rings (SSSR count). The molecule has 0 aliphatic carbocycles. The van der Waals surface area contributed by atoms with E-state index in [0.29, 0.717) is 18.7 Å². The molecule has 1 aliphatic rings. The van der Waals surface area contributed by atoms with Crippen molar-refractivity contribution < 1.29 is 4.79 Å². The van der Waals surface area contributed by atoms with Gasteiger partial charge in [0.05, 0.1) is 11.3 Å². The lowest BCUT2D eigenvalue weighted by molar-refractivity contribution is -0.132. The molecule has 1 saturated heterocycles. The average molecular weight is 244 g/mol. The van der Waals surface area contributed by atoms with E-state index >= 15 is 0 Å². The molecule has 1 fully saturated rings. The maximum atomic E-state index is 12.1. The summed E-state index contributed by atoms with van der Waals surface area (Å²) >= 11 is 0. The van der Waals surface area contributed by atoms with E-state index in [1.807, 2.05) is 23.1 Å². The van der Waals surface area contributed by atoms with Crippen molar-refractivity contribution in [2.75, 3.05) is 31.6 Å². The van der Waals surface area contributed by atoms with Gasteiger partial charge in [-0.05, 0) is 12.1 Å². The zero-order valence-electron chi connectivity index (χ0n) is 10.3. The van der Waals surface area contributed by atoms with Gasteiger partial charge >= 0.3 is 0 Å². The molecule has 1 heterocycles. The Morgan fingerprint density at radius 3 is 2.83 bits per heavy atom. The van der Waals surface area contributed by atoms with E-state index < -0.39 is 0 Å². The maximum Gasteiger partial charge on any atom is 0.246 e.